The van der Waals surface area contributed by atoms with Gasteiger partial charge in [-0.3, -0.25) is 9.20 Å². The molecular formula is C20H24N4O2. The van der Waals surface area contributed by atoms with E-state index < -0.39 is 0 Å². The van der Waals surface area contributed by atoms with Crippen molar-refractivity contribution in [1.29, 1.82) is 0 Å². The Morgan fingerprint density at radius 3 is 2.88 bits per heavy atom. The summed E-state index contributed by atoms with van der Waals surface area (Å²) in [7, 11) is 0. The Hall–Kier alpha value is -2.89. The maximum absolute atomic E-state index is 12.1. The fraction of sp³-hybridized carbons (Fsp3) is 0.350. The monoisotopic (exact) mass is 352 g/mol. The molecule has 136 valence electrons. The Morgan fingerprint density at radius 2 is 2.08 bits per heavy atom. The SMILES string of the molecule is Cc1ccc(C(C)C)c(OCC(=O)NCCc2nnc3ccccn23)c1. The van der Waals surface area contributed by atoms with Gasteiger partial charge in [-0.05, 0) is 42.2 Å². The molecule has 0 fully saturated rings. The number of aromatic nitrogens is 3. The second-order valence-electron chi connectivity index (χ2n) is 6.63. The average molecular weight is 352 g/mol. The summed E-state index contributed by atoms with van der Waals surface area (Å²) in [4.78, 5) is 12.1. The first kappa shape index (κ1) is 17.9. The maximum Gasteiger partial charge on any atom is 0.257 e. The van der Waals surface area contributed by atoms with Crippen molar-refractivity contribution in [1.82, 2.24) is 19.9 Å². The Kier molecular flexibility index (Phi) is 5.51. The lowest BCUT2D eigenvalue weighted by Crippen LogP contribution is -2.31. The largest absolute Gasteiger partial charge is 0.483 e. The number of benzene rings is 1. The molecule has 0 atom stereocenters. The van der Waals surface area contributed by atoms with Crippen LogP contribution in [-0.4, -0.2) is 33.7 Å². The fourth-order valence-corrected chi connectivity index (χ4v) is 2.81. The van der Waals surface area contributed by atoms with Gasteiger partial charge in [0.15, 0.2) is 12.3 Å². The summed E-state index contributed by atoms with van der Waals surface area (Å²) in [5.74, 6) is 1.80. The highest BCUT2D eigenvalue weighted by molar-refractivity contribution is 5.77. The van der Waals surface area contributed by atoms with Gasteiger partial charge in [0, 0.05) is 19.2 Å². The van der Waals surface area contributed by atoms with Gasteiger partial charge >= 0.3 is 0 Å². The Bertz CT molecular complexity index is 902. The molecular weight excluding hydrogens is 328 g/mol. The zero-order valence-corrected chi connectivity index (χ0v) is 15.4. The molecule has 0 aliphatic heterocycles. The molecule has 0 unspecified atom stereocenters. The Balaban J connectivity index is 1.51. The van der Waals surface area contributed by atoms with Crippen molar-refractivity contribution in [2.24, 2.45) is 0 Å². The zero-order valence-electron chi connectivity index (χ0n) is 15.4. The van der Waals surface area contributed by atoms with Gasteiger partial charge in [-0.25, -0.2) is 0 Å². The normalized spacial score (nSPS) is 11.1. The number of pyridine rings is 1. The van der Waals surface area contributed by atoms with Crippen LogP contribution in [0.2, 0.25) is 0 Å². The third-order valence-electron chi connectivity index (χ3n) is 4.20. The molecule has 0 aliphatic rings. The average Bonchev–Trinajstić information content (AvgIpc) is 3.03. The first-order valence-electron chi connectivity index (χ1n) is 8.83. The zero-order chi connectivity index (χ0) is 18.5. The van der Waals surface area contributed by atoms with Gasteiger partial charge in [0.05, 0.1) is 0 Å². The summed E-state index contributed by atoms with van der Waals surface area (Å²) in [5.41, 5.74) is 3.03. The maximum atomic E-state index is 12.1. The molecule has 0 aliphatic carbocycles. The van der Waals surface area contributed by atoms with Gasteiger partial charge < -0.3 is 10.1 Å². The summed E-state index contributed by atoms with van der Waals surface area (Å²) in [5, 5.41) is 11.1. The molecule has 26 heavy (non-hydrogen) atoms. The van der Waals surface area contributed by atoms with Crippen LogP contribution in [0.4, 0.5) is 0 Å². The lowest BCUT2D eigenvalue weighted by atomic mass is 10.0. The van der Waals surface area contributed by atoms with E-state index in [1.807, 2.05) is 41.8 Å². The third kappa shape index (κ3) is 4.20. The topological polar surface area (TPSA) is 68.5 Å². The number of hydrogen-bond acceptors (Lipinski definition) is 4. The van der Waals surface area contributed by atoms with Gasteiger partial charge in [-0.2, -0.15) is 0 Å². The number of nitrogens with zero attached hydrogens (tertiary/aromatic N) is 3. The number of carbonyl (C=O) groups is 1. The Morgan fingerprint density at radius 1 is 1.23 bits per heavy atom. The third-order valence-corrected chi connectivity index (χ3v) is 4.20. The van der Waals surface area contributed by atoms with Crippen LogP contribution in [0.3, 0.4) is 0 Å². The van der Waals surface area contributed by atoms with Crippen LogP contribution in [0.25, 0.3) is 5.65 Å². The highest BCUT2D eigenvalue weighted by Gasteiger charge is 2.11. The number of nitrogens with one attached hydrogen (secondary N) is 1. The number of hydrogen-bond donors (Lipinski definition) is 1. The predicted molar refractivity (Wildman–Crippen MR) is 100 cm³/mol. The van der Waals surface area contributed by atoms with Crippen molar-refractivity contribution in [2.45, 2.75) is 33.1 Å². The van der Waals surface area contributed by atoms with Gasteiger partial charge in [0.25, 0.3) is 5.91 Å². The number of amides is 1. The summed E-state index contributed by atoms with van der Waals surface area (Å²) in [6, 6.07) is 11.8. The molecule has 3 aromatic rings. The van der Waals surface area contributed by atoms with Crippen molar-refractivity contribution >= 4 is 11.6 Å². The van der Waals surface area contributed by atoms with Crippen LogP contribution in [-0.2, 0) is 11.2 Å². The van der Waals surface area contributed by atoms with Gasteiger partial charge in [0.2, 0.25) is 0 Å². The molecule has 6 nitrogen and oxygen atoms in total. The minimum absolute atomic E-state index is 0.00372. The van der Waals surface area contributed by atoms with Crippen molar-refractivity contribution < 1.29 is 9.53 Å². The van der Waals surface area contributed by atoms with E-state index in [9.17, 15) is 4.79 Å². The van der Waals surface area contributed by atoms with E-state index in [-0.39, 0.29) is 12.5 Å². The van der Waals surface area contributed by atoms with E-state index >= 15 is 0 Å². The molecule has 3 rings (SSSR count). The predicted octanol–water partition coefficient (Wildman–Crippen LogP) is 2.90. The first-order valence-corrected chi connectivity index (χ1v) is 8.83. The molecule has 0 radical (unpaired) electrons. The molecule has 1 amide bonds. The molecule has 0 saturated carbocycles. The molecule has 6 heteroatoms. The molecule has 1 aromatic carbocycles. The van der Waals surface area contributed by atoms with E-state index in [4.69, 9.17) is 4.74 Å². The summed E-state index contributed by atoms with van der Waals surface area (Å²) >= 11 is 0. The van der Waals surface area contributed by atoms with E-state index in [2.05, 4.69) is 41.5 Å². The summed E-state index contributed by atoms with van der Waals surface area (Å²) in [6.07, 6.45) is 2.53. The summed E-state index contributed by atoms with van der Waals surface area (Å²) in [6.45, 7) is 6.73. The quantitative estimate of drug-likeness (QED) is 0.710. The van der Waals surface area contributed by atoms with Crippen molar-refractivity contribution in [3.63, 3.8) is 0 Å². The molecule has 1 N–H and O–H groups in total. The van der Waals surface area contributed by atoms with Crippen LogP contribution in [0.1, 0.15) is 36.7 Å². The van der Waals surface area contributed by atoms with Crippen molar-refractivity contribution in [2.75, 3.05) is 13.2 Å². The highest BCUT2D eigenvalue weighted by atomic mass is 16.5. The number of fused-ring (bicyclic) bond motifs is 1. The van der Waals surface area contributed by atoms with E-state index in [0.29, 0.717) is 18.9 Å². The highest BCUT2D eigenvalue weighted by Crippen LogP contribution is 2.27. The van der Waals surface area contributed by atoms with Gasteiger partial charge in [0.1, 0.15) is 11.6 Å². The van der Waals surface area contributed by atoms with E-state index in [0.717, 1.165) is 28.3 Å². The molecule has 2 heterocycles. The van der Waals surface area contributed by atoms with Crippen molar-refractivity contribution in [3.8, 4) is 5.75 Å². The minimum atomic E-state index is -0.143. The number of ether oxygens (including phenoxy) is 1. The van der Waals surface area contributed by atoms with Gasteiger partial charge in [-0.15, -0.1) is 10.2 Å². The van der Waals surface area contributed by atoms with Crippen LogP contribution >= 0.6 is 0 Å². The fourth-order valence-electron chi connectivity index (χ4n) is 2.81. The van der Waals surface area contributed by atoms with E-state index in [1.54, 1.807) is 0 Å². The van der Waals surface area contributed by atoms with Crippen LogP contribution < -0.4 is 10.1 Å². The second kappa shape index (κ2) is 7.99. The minimum Gasteiger partial charge on any atom is -0.483 e. The number of rotatable bonds is 7. The van der Waals surface area contributed by atoms with E-state index in [1.165, 1.54) is 0 Å². The van der Waals surface area contributed by atoms with Crippen LogP contribution in [0, 0.1) is 6.92 Å². The lowest BCUT2D eigenvalue weighted by molar-refractivity contribution is -0.123. The smallest absolute Gasteiger partial charge is 0.257 e. The Labute approximate surface area is 153 Å². The molecule has 0 bridgehead atoms. The molecule has 0 saturated heterocycles. The number of aryl methyl sites for hydroxylation is 1. The van der Waals surface area contributed by atoms with Gasteiger partial charge in [-0.1, -0.05) is 32.0 Å². The number of carbonyl (C=O) groups excluding carboxylic acids is 1. The van der Waals surface area contributed by atoms with Crippen molar-refractivity contribution in [3.05, 3.63) is 59.5 Å². The van der Waals surface area contributed by atoms with Crippen LogP contribution in [0.15, 0.2) is 42.6 Å². The first-order chi connectivity index (χ1) is 12.5. The molecule has 2 aromatic heterocycles. The summed E-state index contributed by atoms with van der Waals surface area (Å²) < 4.78 is 7.67. The molecule has 0 spiro atoms. The van der Waals surface area contributed by atoms with Crippen LogP contribution in [0.5, 0.6) is 5.75 Å². The second-order valence-corrected chi connectivity index (χ2v) is 6.63. The lowest BCUT2D eigenvalue weighted by Gasteiger charge is -2.14. The standard InChI is InChI=1S/C20H24N4O2/c1-14(2)16-8-7-15(3)12-17(16)26-13-20(25)21-10-9-19-23-22-18-6-4-5-11-24(18)19/h4-8,11-12,14H,9-10,13H2,1-3H3,(H,21,25).